The molecule has 0 aromatic carbocycles. The first-order valence-electron chi connectivity index (χ1n) is 2.26. The molecule has 0 aromatic heterocycles. The third kappa shape index (κ3) is 6.16. The van der Waals surface area contributed by atoms with E-state index in [1.165, 1.54) is 0 Å². The maximum atomic E-state index is 9.81. The van der Waals surface area contributed by atoms with Gasteiger partial charge in [-0.3, -0.25) is 4.79 Å². The Kier molecular flexibility index (Phi) is 5.41. The van der Waals surface area contributed by atoms with Crippen LogP contribution in [0.2, 0.25) is 0 Å². The van der Waals surface area contributed by atoms with Gasteiger partial charge in [-0.05, 0) is 0 Å². The van der Waals surface area contributed by atoms with Gasteiger partial charge < -0.3 is 10.4 Å². The molecule has 0 fully saturated rings. The molecule has 3 nitrogen and oxygen atoms in total. The molecular weight excluding hydrogens is 221 g/mol. The summed E-state index contributed by atoms with van der Waals surface area (Å²) in [5, 5.41) is 10.8. The lowest BCUT2D eigenvalue weighted by Gasteiger charge is -1.93. The van der Waals surface area contributed by atoms with Crippen molar-refractivity contribution < 1.29 is 9.90 Å². The van der Waals surface area contributed by atoms with Crippen molar-refractivity contribution >= 4 is 28.6 Å². The van der Waals surface area contributed by atoms with E-state index in [0.717, 1.165) is 11.0 Å². The van der Waals surface area contributed by atoms with Gasteiger partial charge >= 0.3 is 5.97 Å². The van der Waals surface area contributed by atoms with Gasteiger partial charge in [0.05, 0.1) is 6.54 Å². The predicted molar refractivity (Wildman–Crippen MR) is 39.4 cm³/mol. The highest BCUT2D eigenvalue weighted by atomic mass is 127. The maximum absolute atomic E-state index is 9.81. The molecule has 8 heavy (non-hydrogen) atoms. The van der Waals surface area contributed by atoms with Crippen LogP contribution in [-0.4, -0.2) is 28.6 Å². The molecule has 0 heterocycles. The fraction of sp³-hybridized carbons (Fsp3) is 0.750. The zero-order valence-corrected chi connectivity index (χ0v) is 6.51. The average Bonchev–Trinajstić information content (AvgIpc) is 1.66. The number of halogens is 1. The van der Waals surface area contributed by atoms with Crippen LogP contribution in [0.25, 0.3) is 0 Å². The van der Waals surface area contributed by atoms with Crippen LogP contribution in [0.15, 0.2) is 0 Å². The van der Waals surface area contributed by atoms with E-state index < -0.39 is 5.97 Å². The zero-order valence-electron chi connectivity index (χ0n) is 4.35. The van der Waals surface area contributed by atoms with Crippen molar-refractivity contribution in [3.05, 3.63) is 0 Å². The molecule has 0 rings (SSSR count). The first-order chi connectivity index (χ1) is 3.77. The summed E-state index contributed by atoms with van der Waals surface area (Å²) in [6.07, 6.45) is 0. The van der Waals surface area contributed by atoms with Crippen LogP contribution in [-0.2, 0) is 4.79 Å². The number of carboxylic acid groups (broad SMARTS) is 1. The molecule has 0 atom stereocenters. The Bertz CT molecular complexity index is 76.4. The van der Waals surface area contributed by atoms with Gasteiger partial charge in [0.2, 0.25) is 0 Å². The van der Waals surface area contributed by atoms with Gasteiger partial charge in [0.15, 0.2) is 0 Å². The number of alkyl halides is 1. The van der Waals surface area contributed by atoms with Crippen LogP contribution in [0.3, 0.4) is 0 Å². The molecule has 48 valence electrons. The Labute approximate surface area is 61.6 Å². The summed E-state index contributed by atoms with van der Waals surface area (Å²) in [6, 6.07) is 0. The van der Waals surface area contributed by atoms with Gasteiger partial charge in [-0.15, -0.1) is 0 Å². The maximum Gasteiger partial charge on any atom is 0.317 e. The lowest BCUT2D eigenvalue weighted by Crippen LogP contribution is -2.23. The second kappa shape index (κ2) is 5.30. The van der Waals surface area contributed by atoms with E-state index >= 15 is 0 Å². The van der Waals surface area contributed by atoms with Crippen LogP contribution in [0.4, 0.5) is 0 Å². The fourth-order valence-corrected chi connectivity index (χ4v) is 0.644. The molecule has 0 saturated carbocycles. The molecule has 0 aliphatic carbocycles. The summed E-state index contributed by atoms with van der Waals surface area (Å²) in [5.41, 5.74) is 0. The standard InChI is InChI=1S/C4H8INO2/c5-1-2-6-3-4(7)8/h6H,1-3H2,(H,7,8). The molecular formula is C4H8INO2. The highest BCUT2D eigenvalue weighted by Crippen LogP contribution is 1.74. The minimum atomic E-state index is -0.796. The van der Waals surface area contributed by atoms with Crippen molar-refractivity contribution in [1.29, 1.82) is 0 Å². The van der Waals surface area contributed by atoms with E-state index in [1.54, 1.807) is 0 Å². The Balaban J connectivity index is 2.82. The number of hydrogen-bond donors (Lipinski definition) is 2. The summed E-state index contributed by atoms with van der Waals surface area (Å²) in [5.74, 6) is -0.796. The van der Waals surface area contributed by atoms with Crippen molar-refractivity contribution in [2.75, 3.05) is 17.5 Å². The van der Waals surface area contributed by atoms with Gasteiger partial charge in [0, 0.05) is 11.0 Å². The topological polar surface area (TPSA) is 49.3 Å². The monoisotopic (exact) mass is 229 g/mol. The van der Waals surface area contributed by atoms with Crippen molar-refractivity contribution in [2.24, 2.45) is 0 Å². The van der Waals surface area contributed by atoms with Gasteiger partial charge in [-0.2, -0.15) is 0 Å². The van der Waals surface area contributed by atoms with E-state index in [2.05, 4.69) is 27.9 Å². The van der Waals surface area contributed by atoms with Crippen molar-refractivity contribution in [2.45, 2.75) is 0 Å². The average molecular weight is 229 g/mol. The van der Waals surface area contributed by atoms with Gasteiger partial charge in [-0.1, -0.05) is 22.6 Å². The summed E-state index contributed by atoms with van der Waals surface area (Å²) in [6.45, 7) is 0.843. The first kappa shape index (κ1) is 8.16. The Morgan fingerprint density at radius 3 is 2.75 bits per heavy atom. The second-order valence-electron chi connectivity index (χ2n) is 1.26. The summed E-state index contributed by atoms with van der Waals surface area (Å²) < 4.78 is 0.949. The van der Waals surface area contributed by atoms with E-state index in [1.807, 2.05) is 0 Å². The lowest BCUT2D eigenvalue weighted by molar-refractivity contribution is -0.135. The SMILES string of the molecule is O=C(O)CNCCI. The summed E-state index contributed by atoms with van der Waals surface area (Å²) in [4.78, 5) is 9.81. The highest BCUT2D eigenvalue weighted by Gasteiger charge is 1.91. The number of nitrogens with one attached hydrogen (secondary N) is 1. The molecule has 0 radical (unpaired) electrons. The van der Waals surface area contributed by atoms with Gasteiger partial charge in [-0.25, -0.2) is 0 Å². The molecule has 0 saturated heterocycles. The molecule has 0 bridgehead atoms. The van der Waals surface area contributed by atoms with Gasteiger partial charge in [0.1, 0.15) is 0 Å². The zero-order chi connectivity index (χ0) is 6.41. The van der Waals surface area contributed by atoms with Gasteiger partial charge in [0.25, 0.3) is 0 Å². The number of aliphatic carboxylic acids is 1. The number of rotatable bonds is 4. The Morgan fingerprint density at radius 2 is 2.38 bits per heavy atom. The molecule has 0 aromatic rings. The van der Waals surface area contributed by atoms with Crippen LogP contribution < -0.4 is 5.32 Å². The molecule has 0 aliphatic heterocycles. The largest absolute Gasteiger partial charge is 0.480 e. The number of carbonyl (C=O) groups is 1. The van der Waals surface area contributed by atoms with Crippen molar-refractivity contribution in [3.8, 4) is 0 Å². The lowest BCUT2D eigenvalue weighted by atomic mass is 10.6. The van der Waals surface area contributed by atoms with E-state index in [-0.39, 0.29) is 6.54 Å². The summed E-state index contributed by atoms with van der Waals surface area (Å²) >= 11 is 2.18. The van der Waals surface area contributed by atoms with Crippen LogP contribution in [0.5, 0.6) is 0 Å². The third-order valence-electron chi connectivity index (χ3n) is 0.547. The van der Waals surface area contributed by atoms with E-state index in [9.17, 15) is 4.79 Å². The molecule has 0 unspecified atom stereocenters. The quantitative estimate of drug-likeness (QED) is 0.408. The Hall–Kier alpha value is 0.160. The first-order valence-corrected chi connectivity index (χ1v) is 3.78. The second-order valence-corrected chi connectivity index (χ2v) is 2.34. The van der Waals surface area contributed by atoms with E-state index in [0.29, 0.717) is 0 Å². The van der Waals surface area contributed by atoms with Crippen molar-refractivity contribution in [1.82, 2.24) is 5.32 Å². The number of hydrogen-bond acceptors (Lipinski definition) is 2. The molecule has 2 N–H and O–H groups in total. The Morgan fingerprint density at radius 1 is 1.75 bits per heavy atom. The smallest absolute Gasteiger partial charge is 0.317 e. The van der Waals surface area contributed by atoms with Crippen LogP contribution in [0, 0.1) is 0 Å². The fourth-order valence-electron chi connectivity index (χ4n) is 0.262. The third-order valence-corrected chi connectivity index (χ3v) is 1.09. The molecule has 0 spiro atoms. The highest BCUT2D eigenvalue weighted by molar-refractivity contribution is 14.1. The normalized spacial score (nSPS) is 9.12. The molecule has 0 amide bonds. The van der Waals surface area contributed by atoms with Crippen LogP contribution >= 0.6 is 22.6 Å². The number of carboxylic acids is 1. The van der Waals surface area contributed by atoms with E-state index in [4.69, 9.17) is 5.11 Å². The van der Waals surface area contributed by atoms with Crippen molar-refractivity contribution in [3.63, 3.8) is 0 Å². The molecule has 0 aliphatic rings. The van der Waals surface area contributed by atoms with Crippen LogP contribution in [0.1, 0.15) is 0 Å². The minimum absolute atomic E-state index is 0.0724. The summed E-state index contributed by atoms with van der Waals surface area (Å²) in [7, 11) is 0. The predicted octanol–water partition coefficient (Wildman–Crippen LogP) is 0.0956. The molecule has 4 heteroatoms. The minimum Gasteiger partial charge on any atom is -0.480 e.